The number of aromatic nitrogens is 2. The summed E-state index contributed by atoms with van der Waals surface area (Å²) in [6, 6.07) is 17.8. The van der Waals surface area contributed by atoms with E-state index in [4.69, 9.17) is 5.84 Å². The van der Waals surface area contributed by atoms with Gasteiger partial charge in [-0.15, -0.1) is 0 Å². The fourth-order valence-electron chi connectivity index (χ4n) is 4.20. The molecule has 0 radical (unpaired) electrons. The smallest absolute Gasteiger partial charge is 0.227 e. The first-order valence-corrected chi connectivity index (χ1v) is 11.6. The van der Waals surface area contributed by atoms with Gasteiger partial charge in [0.05, 0.1) is 28.7 Å². The predicted molar refractivity (Wildman–Crippen MR) is 138 cm³/mol. The molecule has 10 nitrogen and oxygen atoms in total. The summed E-state index contributed by atoms with van der Waals surface area (Å²) < 4.78 is 0. The predicted octanol–water partition coefficient (Wildman–Crippen LogP) is 2.47. The van der Waals surface area contributed by atoms with E-state index in [-0.39, 0.29) is 12.3 Å². The number of anilines is 4. The maximum atomic E-state index is 9.78. The molecular formula is C25H31N9O. The molecule has 182 valence electrons. The highest BCUT2D eigenvalue weighted by Crippen LogP contribution is 2.29. The number of nitrogens with one attached hydrogen (secondary N) is 3. The maximum Gasteiger partial charge on any atom is 0.227 e. The van der Waals surface area contributed by atoms with Crippen molar-refractivity contribution in [2.45, 2.75) is 32.0 Å². The molecule has 1 saturated heterocycles. The number of rotatable bonds is 8. The van der Waals surface area contributed by atoms with Gasteiger partial charge < -0.3 is 15.3 Å². The van der Waals surface area contributed by atoms with Gasteiger partial charge in [0.1, 0.15) is 12.2 Å². The van der Waals surface area contributed by atoms with Gasteiger partial charge in [-0.2, -0.15) is 5.26 Å². The second kappa shape index (κ2) is 11.1. The van der Waals surface area contributed by atoms with Gasteiger partial charge in [-0.25, -0.2) is 20.8 Å². The van der Waals surface area contributed by atoms with Crippen LogP contribution in [0.5, 0.6) is 0 Å². The summed E-state index contributed by atoms with van der Waals surface area (Å²) >= 11 is 0. The van der Waals surface area contributed by atoms with Crippen molar-refractivity contribution in [3.63, 3.8) is 0 Å². The van der Waals surface area contributed by atoms with Crippen molar-refractivity contribution in [3.8, 4) is 17.3 Å². The van der Waals surface area contributed by atoms with Crippen LogP contribution < -0.4 is 31.9 Å². The van der Waals surface area contributed by atoms with Crippen LogP contribution in [-0.2, 0) is 0 Å². The normalized spacial score (nSPS) is 14.9. The lowest BCUT2D eigenvalue weighted by atomic mass is 10.0. The molecule has 0 spiro atoms. The standard InChI is InChI=1S/C25H31N9O/c1-17(32-27)34(28-2)21-6-4-20(5-7-21)30-25-29-12-9-23(31-25)18-3-8-24(19(15-18)16-26)33-13-10-22(35)11-14-33/h3-9,12,15,17,22,28,32,35H,10-11,13-14,27H2,1-2H3,(H,29,30,31). The monoisotopic (exact) mass is 473 g/mol. The molecule has 1 aliphatic heterocycles. The number of hydrogen-bond acceptors (Lipinski definition) is 10. The summed E-state index contributed by atoms with van der Waals surface area (Å²) in [7, 11) is 1.83. The van der Waals surface area contributed by atoms with Crippen LogP contribution in [0.25, 0.3) is 11.3 Å². The zero-order valence-corrected chi connectivity index (χ0v) is 19.9. The average molecular weight is 474 g/mol. The van der Waals surface area contributed by atoms with Crippen LogP contribution in [0, 0.1) is 11.3 Å². The molecule has 10 heteroatoms. The van der Waals surface area contributed by atoms with Crippen molar-refractivity contribution in [2.24, 2.45) is 5.84 Å². The van der Waals surface area contributed by atoms with E-state index < -0.39 is 0 Å². The van der Waals surface area contributed by atoms with Gasteiger partial charge in [-0.3, -0.25) is 10.9 Å². The Balaban J connectivity index is 1.51. The molecule has 1 atom stereocenters. The van der Waals surface area contributed by atoms with E-state index in [1.54, 1.807) is 6.20 Å². The van der Waals surface area contributed by atoms with Gasteiger partial charge >= 0.3 is 0 Å². The van der Waals surface area contributed by atoms with E-state index >= 15 is 0 Å². The molecule has 0 bridgehead atoms. The summed E-state index contributed by atoms with van der Waals surface area (Å²) in [5.41, 5.74) is 10.7. The Morgan fingerprint density at radius 2 is 1.91 bits per heavy atom. The van der Waals surface area contributed by atoms with Crippen LogP contribution in [-0.4, -0.2) is 47.5 Å². The minimum absolute atomic E-state index is 0.0926. The third-order valence-electron chi connectivity index (χ3n) is 6.14. The molecule has 6 N–H and O–H groups in total. The molecule has 2 heterocycles. The number of nitrogens with two attached hydrogens (primary N) is 1. The van der Waals surface area contributed by atoms with E-state index in [2.05, 4.69) is 37.1 Å². The number of hydrogen-bond donors (Lipinski definition) is 5. The molecule has 35 heavy (non-hydrogen) atoms. The summed E-state index contributed by atoms with van der Waals surface area (Å²) in [5.74, 6) is 6.02. The number of benzene rings is 2. The molecule has 1 aromatic heterocycles. The maximum absolute atomic E-state index is 9.78. The van der Waals surface area contributed by atoms with Crippen molar-refractivity contribution in [1.29, 1.82) is 5.26 Å². The molecule has 3 aromatic rings. The highest BCUT2D eigenvalue weighted by atomic mass is 16.3. The number of piperidine rings is 1. The number of nitriles is 1. The Kier molecular flexibility index (Phi) is 7.74. The number of nitrogens with zero attached hydrogens (tertiary/aromatic N) is 5. The third kappa shape index (κ3) is 5.67. The Bertz CT molecular complexity index is 1170. The highest BCUT2D eigenvalue weighted by Gasteiger charge is 2.20. The Labute approximate surface area is 205 Å². The number of aliphatic hydroxyl groups is 1. The van der Waals surface area contributed by atoms with E-state index in [0.29, 0.717) is 24.4 Å². The molecular weight excluding hydrogens is 442 g/mol. The summed E-state index contributed by atoms with van der Waals surface area (Å²) in [5, 5.41) is 24.7. The summed E-state index contributed by atoms with van der Waals surface area (Å²) in [6.45, 7) is 3.43. The molecule has 0 aliphatic carbocycles. The van der Waals surface area contributed by atoms with E-state index in [0.717, 1.165) is 41.4 Å². The lowest BCUT2D eigenvalue weighted by molar-refractivity contribution is 0.145. The zero-order valence-electron chi connectivity index (χ0n) is 19.9. The first-order valence-electron chi connectivity index (χ1n) is 11.6. The summed E-state index contributed by atoms with van der Waals surface area (Å²) in [4.78, 5) is 11.2. The minimum atomic E-state index is -0.257. The largest absolute Gasteiger partial charge is 0.393 e. The van der Waals surface area contributed by atoms with Gasteiger partial charge in [0, 0.05) is 37.6 Å². The molecule has 1 unspecified atom stereocenters. The second-order valence-corrected chi connectivity index (χ2v) is 8.44. The molecule has 4 rings (SSSR count). The topological polar surface area (TPSA) is 138 Å². The molecule has 1 fully saturated rings. The highest BCUT2D eigenvalue weighted by molar-refractivity contribution is 5.70. The SMILES string of the molecule is CNN(c1ccc(Nc2nccc(-c3ccc(N4CCC(O)CC4)c(C#N)c3)n2)cc1)C(C)NN. The zero-order chi connectivity index (χ0) is 24.8. The fraction of sp³-hybridized carbons (Fsp3) is 0.320. The van der Waals surface area contributed by atoms with Crippen molar-refractivity contribution in [2.75, 3.05) is 35.4 Å². The Hall–Kier alpha value is -3.75. The van der Waals surface area contributed by atoms with Crippen LogP contribution in [0.3, 0.4) is 0 Å². The van der Waals surface area contributed by atoms with Gasteiger partial charge in [0.25, 0.3) is 0 Å². The minimum Gasteiger partial charge on any atom is -0.393 e. The van der Waals surface area contributed by atoms with Gasteiger partial charge in [0.15, 0.2) is 0 Å². The average Bonchev–Trinajstić information content (AvgIpc) is 2.90. The third-order valence-corrected chi connectivity index (χ3v) is 6.14. The lowest BCUT2D eigenvalue weighted by Crippen LogP contribution is -2.52. The van der Waals surface area contributed by atoms with Gasteiger partial charge in [0.2, 0.25) is 5.95 Å². The van der Waals surface area contributed by atoms with Crippen molar-refractivity contribution >= 4 is 23.0 Å². The fourth-order valence-corrected chi connectivity index (χ4v) is 4.20. The van der Waals surface area contributed by atoms with Crippen LogP contribution in [0.2, 0.25) is 0 Å². The molecule has 0 saturated carbocycles. The van der Waals surface area contributed by atoms with E-state index in [9.17, 15) is 10.4 Å². The van der Waals surface area contributed by atoms with Crippen LogP contribution in [0.1, 0.15) is 25.3 Å². The van der Waals surface area contributed by atoms with Crippen molar-refractivity contribution < 1.29 is 5.11 Å². The van der Waals surface area contributed by atoms with E-state index in [1.807, 2.05) is 67.5 Å². The first kappa shape index (κ1) is 24.4. The van der Waals surface area contributed by atoms with Crippen LogP contribution in [0.4, 0.5) is 23.0 Å². The molecule has 0 amide bonds. The first-order chi connectivity index (χ1) is 17.0. The Morgan fingerprint density at radius 1 is 1.17 bits per heavy atom. The van der Waals surface area contributed by atoms with Crippen LogP contribution >= 0.6 is 0 Å². The number of aliphatic hydroxyl groups excluding tert-OH is 1. The van der Waals surface area contributed by atoms with E-state index in [1.165, 1.54) is 0 Å². The van der Waals surface area contributed by atoms with Crippen molar-refractivity contribution in [1.82, 2.24) is 20.8 Å². The lowest BCUT2D eigenvalue weighted by Gasteiger charge is -2.32. The molecule has 2 aromatic carbocycles. The second-order valence-electron chi connectivity index (χ2n) is 8.44. The number of hydrazine groups is 2. The Morgan fingerprint density at radius 3 is 2.57 bits per heavy atom. The summed E-state index contributed by atoms with van der Waals surface area (Å²) in [6.07, 6.45) is 2.77. The van der Waals surface area contributed by atoms with Gasteiger partial charge in [-0.05, 0) is 62.2 Å². The van der Waals surface area contributed by atoms with Crippen LogP contribution in [0.15, 0.2) is 54.7 Å². The quantitative estimate of drug-likeness (QED) is 0.188. The molecule has 1 aliphatic rings. The van der Waals surface area contributed by atoms with Gasteiger partial charge in [-0.1, -0.05) is 6.07 Å². The van der Waals surface area contributed by atoms with Crippen molar-refractivity contribution in [3.05, 3.63) is 60.3 Å².